The van der Waals surface area contributed by atoms with Crippen molar-refractivity contribution in [2.24, 2.45) is 5.92 Å². The minimum absolute atomic E-state index is 0.182. The van der Waals surface area contributed by atoms with Gasteiger partial charge in [-0.2, -0.15) is 4.80 Å². The molecule has 24 heavy (non-hydrogen) atoms. The third-order valence-electron chi connectivity index (χ3n) is 4.25. The number of rotatable bonds is 4. The van der Waals surface area contributed by atoms with Gasteiger partial charge in [-0.25, -0.2) is 0 Å². The van der Waals surface area contributed by atoms with E-state index in [0.717, 1.165) is 5.56 Å². The molecule has 8 heteroatoms. The van der Waals surface area contributed by atoms with Crippen molar-refractivity contribution in [3.63, 3.8) is 0 Å². The SMILES string of the molecule is CC(C(=O)N1CCCC(C(=O)O)C1)n1nnc(-c2ccccc2)n1. The zero-order valence-corrected chi connectivity index (χ0v) is 13.4. The summed E-state index contributed by atoms with van der Waals surface area (Å²) in [5.41, 5.74) is 0.826. The van der Waals surface area contributed by atoms with Crippen LogP contribution in [0.15, 0.2) is 30.3 Å². The van der Waals surface area contributed by atoms with Gasteiger partial charge >= 0.3 is 5.97 Å². The van der Waals surface area contributed by atoms with E-state index in [2.05, 4.69) is 15.4 Å². The highest BCUT2D eigenvalue weighted by molar-refractivity contribution is 5.81. The number of tetrazole rings is 1. The maximum Gasteiger partial charge on any atom is 0.308 e. The first-order chi connectivity index (χ1) is 11.6. The van der Waals surface area contributed by atoms with Gasteiger partial charge in [0.05, 0.1) is 5.92 Å². The Bertz CT molecular complexity index is 730. The normalized spacial score (nSPS) is 19.0. The first-order valence-electron chi connectivity index (χ1n) is 7.93. The summed E-state index contributed by atoms with van der Waals surface area (Å²) in [4.78, 5) is 26.6. The van der Waals surface area contributed by atoms with Crippen LogP contribution in [0.4, 0.5) is 0 Å². The van der Waals surface area contributed by atoms with Crippen molar-refractivity contribution in [3.05, 3.63) is 30.3 Å². The number of hydrogen-bond acceptors (Lipinski definition) is 5. The molecule has 0 bridgehead atoms. The van der Waals surface area contributed by atoms with E-state index in [1.54, 1.807) is 11.8 Å². The summed E-state index contributed by atoms with van der Waals surface area (Å²) >= 11 is 0. The number of aromatic nitrogens is 4. The standard InChI is InChI=1S/C16H19N5O3/c1-11(15(22)20-9-5-8-13(10-20)16(23)24)21-18-14(17-19-21)12-6-3-2-4-7-12/h2-4,6-7,11,13H,5,8-10H2,1H3,(H,23,24). The van der Waals surface area contributed by atoms with Gasteiger partial charge in [0.1, 0.15) is 6.04 Å². The van der Waals surface area contributed by atoms with Crippen molar-refractivity contribution in [3.8, 4) is 11.4 Å². The Morgan fingerprint density at radius 3 is 2.75 bits per heavy atom. The molecule has 1 N–H and O–H groups in total. The summed E-state index contributed by atoms with van der Waals surface area (Å²) in [5, 5.41) is 21.4. The number of aliphatic carboxylic acids is 1. The van der Waals surface area contributed by atoms with E-state index in [-0.39, 0.29) is 12.5 Å². The quantitative estimate of drug-likeness (QED) is 0.905. The largest absolute Gasteiger partial charge is 0.481 e. The van der Waals surface area contributed by atoms with E-state index in [1.165, 1.54) is 4.80 Å². The highest BCUT2D eigenvalue weighted by Gasteiger charge is 2.31. The van der Waals surface area contributed by atoms with E-state index < -0.39 is 17.9 Å². The zero-order chi connectivity index (χ0) is 17.1. The average Bonchev–Trinajstić information content (AvgIpc) is 3.11. The van der Waals surface area contributed by atoms with Crippen LogP contribution in [0.5, 0.6) is 0 Å². The number of carbonyl (C=O) groups excluding carboxylic acids is 1. The van der Waals surface area contributed by atoms with Crippen LogP contribution in [0, 0.1) is 5.92 Å². The lowest BCUT2D eigenvalue weighted by molar-refractivity contribution is -0.146. The number of amides is 1. The van der Waals surface area contributed by atoms with E-state index >= 15 is 0 Å². The molecule has 0 saturated carbocycles. The molecular formula is C16H19N5O3. The molecule has 2 aromatic rings. The van der Waals surface area contributed by atoms with Gasteiger partial charge in [0, 0.05) is 18.7 Å². The Balaban J connectivity index is 1.72. The molecule has 0 aliphatic carbocycles. The van der Waals surface area contributed by atoms with Crippen molar-refractivity contribution in [2.75, 3.05) is 13.1 Å². The number of carbonyl (C=O) groups is 2. The van der Waals surface area contributed by atoms with Crippen molar-refractivity contribution in [1.29, 1.82) is 0 Å². The van der Waals surface area contributed by atoms with Gasteiger partial charge in [0.25, 0.3) is 0 Å². The number of carboxylic acids is 1. The lowest BCUT2D eigenvalue weighted by atomic mass is 9.98. The number of hydrogen-bond donors (Lipinski definition) is 1. The van der Waals surface area contributed by atoms with Crippen molar-refractivity contribution < 1.29 is 14.7 Å². The van der Waals surface area contributed by atoms with Crippen LogP contribution in [-0.4, -0.2) is 55.2 Å². The number of likely N-dealkylation sites (tertiary alicyclic amines) is 1. The first-order valence-corrected chi connectivity index (χ1v) is 7.93. The van der Waals surface area contributed by atoms with Gasteiger partial charge in [-0.1, -0.05) is 30.3 Å². The fourth-order valence-corrected chi connectivity index (χ4v) is 2.83. The maximum absolute atomic E-state index is 12.6. The van der Waals surface area contributed by atoms with E-state index in [4.69, 9.17) is 5.11 Å². The van der Waals surface area contributed by atoms with E-state index in [9.17, 15) is 9.59 Å². The molecule has 8 nitrogen and oxygen atoms in total. The van der Waals surface area contributed by atoms with Gasteiger partial charge in [-0.15, -0.1) is 10.2 Å². The summed E-state index contributed by atoms with van der Waals surface area (Å²) < 4.78 is 0. The Morgan fingerprint density at radius 2 is 2.04 bits per heavy atom. The topological polar surface area (TPSA) is 101 Å². The number of piperidine rings is 1. The molecule has 126 valence electrons. The maximum atomic E-state index is 12.6. The Morgan fingerprint density at radius 1 is 1.29 bits per heavy atom. The average molecular weight is 329 g/mol. The van der Waals surface area contributed by atoms with Gasteiger partial charge < -0.3 is 10.0 Å². The predicted octanol–water partition coefficient (Wildman–Crippen LogP) is 1.22. The Hall–Kier alpha value is -2.77. The minimum atomic E-state index is -0.856. The lowest BCUT2D eigenvalue weighted by Crippen LogP contribution is -2.45. The van der Waals surface area contributed by atoms with Gasteiger partial charge in [-0.3, -0.25) is 9.59 Å². The van der Waals surface area contributed by atoms with Crippen LogP contribution in [0.3, 0.4) is 0 Å². The molecule has 1 amide bonds. The first kappa shape index (κ1) is 16.1. The molecular weight excluding hydrogens is 310 g/mol. The minimum Gasteiger partial charge on any atom is -0.481 e. The lowest BCUT2D eigenvalue weighted by Gasteiger charge is -2.32. The number of benzene rings is 1. The molecule has 1 aromatic heterocycles. The summed E-state index contributed by atoms with van der Waals surface area (Å²) in [5.74, 6) is -1.08. The summed E-state index contributed by atoms with van der Waals surface area (Å²) in [6.07, 6.45) is 1.29. The smallest absolute Gasteiger partial charge is 0.308 e. The second-order valence-corrected chi connectivity index (χ2v) is 5.94. The van der Waals surface area contributed by atoms with Crippen molar-refractivity contribution >= 4 is 11.9 Å². The molecule has 1 fully saturated rings. The molecule has 1 aliphatic heterocycles. The van der Waals surface area contributed by atoms with Crippen LogP contribution in [0.1, 0.15) is 25.8 Å². The molecule has 1 saturated heterocycles. The molecule has 0 radical (unpaired) electrons. The summed E-state index contributed by atoms with van der Waals surface area (Å²) in [6.45, 7) is 2.50. The monoisotopic (exact) mass is 329 g/mol. The molecule has 0 spiro atoms. The van der Waals surface area contributed by atoms with Gasteiger partial charge in [-0.05, 0) is 25.0 Å². The number of carboxylic acid groups (broad SMARTS) is 1. The van der Waals surface area contributed by atoms with Gasteiger partial charge in [0.2, 0.25) is 11.7 Å². The highest BCUT2D eigenvalue weighted by atomic mass is 16.4. The molecule has 2 unspecified atom stereocenters. The molecule has 1 aromatic carbocycles. The third-order valence-corrected chi connectivity index (χ3v) is 4.25. The highest BCUT2D eigenvalue weighted by Crippen LogP contribution is 2.20. The van der Waals surface area contributed by atoms with E-state index in [1.807, 2.05) is 30.3 Å². The van der Waals surface area contributed by atoms with Crippen LogP contribution in [-0.2, 0) is 9.59 Å². The number of nitrogens with zero attached hydrogens (tertiary/aromatic N) is 5. The van der Waals surface area contributed by atoms with Crippen LogP contribution in [0.25, 0.3) is 11.4 Å². The second kappa shape index (κ2) is 6.77. The predicted molar refractivity (Wildman–Crippen MR) is 84.9 cm³/mol. The van der Waals surface area contributed by atoms with Crippen molar-refractivity contribution in [2.45, 2.75) is 25.8 Å². The van der Waals surface area contributed by atoms with Gasteiger partial charge in [0.15, 0.2) is 0 Å². The fourth-order valence-electron chi connectivity index (χ4n) is 2.83. The van der Waals surface area contributed by atoms with E-state index in [0.29, 0.717) is 25.2 Å². The second-order valence-electron chi connectivity index (χ2n) is 5.94. The molecule has 3 rings (SSSR count). The molecule has 1 aliphatic rings. The molecule has 2 atom stereocenters. The van der Waals surface area contributed by atoms with Crippen molar-refractivity contribution in [1.82, 2.24) is 25.1 Å². The van der Waals surface area contributed by atoms with Crippen LogP contribution >= 0.6 is 0 Å². The summed E-state index contributed by atoms with van der Waals surface area (Å²) in [6, 6.07) is 8.78. The van der Waals surface area contributed by atoms with Crippen LogP contribution < -0.4 is 0 Å². The Kier molecular flexibility index (Phi) is 4.54. The fraction of sp³-hybridized carbons (Fsp3) is 0.438. The summed E-state index contributed by atoms with van der Waals surface area (Å²) in [7, 11) is 0. The molecule has 2 heterocycles. The van der Waals surface area contributed by atoms with Crippen LogP contribution in [0.2, 0.25) is 0 Å². The third kappa shape index (κ3) is 3.27. The zero-order valence-electron chi connectivity index (χ0n) is 13.4. The Labute approximate surface area is 139 Å².